The minimum Gasteiger partial charge on any atom is -0.495 e. The Bertz CT molecular complexity index is 1400. The first-order valence-electron chi connectivity index (χ1n) is 12.6. The van der Waals surface area contributed by atoms with E-state index in [9.17, 15) is 4.57 Å². The van der Waals surface area contributed by atoms with Crippen molar-refractivity contribution in [2.24, 2.45) is 0 Å². The molecule has 4 aromatic rings. The van der Waals surface area contributed by atoms with Gasteiger partial charge in [-0.2, -0.15) is 0 Å². The highest BCUT2D eigenvalue weighted by atomic mass is 31.2. The Kier molecular flexibility index (Phi) is 9.37. The van der Waals surface area contributed by atoms with Crippen molar-refractivity contribution in [3.63, 3.8) is 0 Å². The van der Waals surface area contributed by atoms with E-state index < -0.39 is 7.75 Å². The SMILES string of the molecule is CCOP(=O)(Nc1ccc(C(=C=C(c2ccccc2)c2ccccc2)c2ccccc2)cc1OC)OCC. The monoisotopic (exact) mass is 525 g/mol. The van der Waals surface area contributed by atoms with Crippen LogP contribution in [-0.4, -0.2) is 20.3 Å². The molecule has 4 aromatic carbocycles. The van der Waals surface area contributed by atoms with Crippen molar-refractivity contribution in [2.75, 3.05) is 25.4 Å². The van der Waals surface area contributed by atoms with Crippen molar-refractivity contribution in [3.8, 4) is 5.75 Å². The van der Waals surface area contributed by atoms with Gasteiger partial charge in [-0.15, -0.1) is 5.73 Å². The average molecular weight is 526 g/mol. The van der Waals surface area contributed by atoms with Gasteiger partial charge in [0.25, 0.3) is 0 Å². The summed E-state index contributed by atoms with van der Waals surface area (Å²) in [4.78, 5) is 0. The van der Waals surface area contributed by atoms with Gasteiger partial charge in [-0.25, -0.2) is 4.57 Å². The highest BCUT2D eigenvalue weighted by Gasteiger charge is 2.25. The minimum absolute atomic E-state index is 0.248. The van der Waals surface area contributed by atoms with E-state index in [0.717, 1.165) is 33.4 Å². The summed E-state index contributed by atoms with van der Waals surface area (Å²) in [6.07, 6.45) is 0. The second-order valence-electron chi connectivity index (χ2n) is 8.33. The standard InChI is InChI=1S/C32H32NO4P/c1-4-36-38(34,37-5-2)33-31-22-21-28(23-32(31)35-3)30(27-19-13-8-14-20-27)24-29(25-15-9-6-10-16-25)26-17-11-7-12-18-26/h6-23H,4-5H2,1-3H3,(H,33,34). The van der Waals surface area contributed by atoms with E-state index in [1.807, 2.05) is 72.8 Å². The number of hydrogen-bond acceptors (Lipinski definition) is 4. The van der Waals surface area contributed by atoms with Crippen LogP contribution in [0.4, 0.5) is 5.69 Å². The molecule has 0 amide bonds. The molecule has 0 saturated carbocycles. The van der Waals surface area contributed by atoms with Gasteiger partial charge in [-0.05, 0) is 48.2 Å². The van der Waals surface area contributed by atoms with Gasteiger partial charge in [-0.1, -0.05) is 97.1 Å². The summed E-state index contributed by atoms with van der Waals surface area (Å²) in [6, 6.07) is 36.3. The van der Waals surface area contributed by atoms with Gasteiger partial charge in [0.15, 0.2) is 0 Å². The molecule has 6 heteroatoms. The van der Waals surface area contributed by atoms with Crippen molar-refractivity contribution >= 4 is 24.6 Å². The van der Waals surface area contributed by atoms with Crippen LogP contribution in [0.1, 0.15) is 36.1 Å². The summed E-state index contributed by atoms with van der Waals surface area (Å²) < 4.78 is 29.7. The molecule has 0 fully saturated rings. The van der Waals surface area contributed by atoms with Crippen molar-refractivity contribution in [2.45, 2.75) is 13.8 Å². The molecule has 1 N–H and O–H groups in total. The molecule has 0 spiro atoms. The average Bonchev–Trinajstić information content (AvgIpc) is 2.95. The predicted octanol–water partition coefficient (Wildman–Crippen LogP) is 8.45. The molecule has 38 heavy (non-hydrogen) atoms. The Morgan fingerprint density at radius 3 is 1.55 bits per heavy atom. The Hall–Kier alpha value is -3.85. The molecule has 0 saturated heterocycles. The highest BCUT2D eigenvalue weighted by molar-refractivity contribution is 7.55. The third kappa shape index (κ3) is 6.72. The van der Waals surface area contributed by atoms with Gasteiger partial charge < -0.3 is 4.74 Å². The van der Waals surface area contributed by atoms with Crippen molar-refractivity contribution in [3.05, 3.63) is 137 Å². The summed E-state index contributed by atoms with van der Waals surface area (Å²) in [5.74, 6) is 0.512. The Morgan fingerprint density at radius 2 is 1.13 bits per heavy atom. The van der Waals surface area contributed by atoms with Crippen LogP contribution in [0.2, 0.25) is 0 Å². The van der Waals surface area contributed by atoms with Gasteiger partial charge in [0.05, 0.1) is 26.0 Å². The fourth-order valence-corrected chi connectivity index (χ4v) is 5.45. The first-order valence-corrected chi connectivity index (χ1v) is 14.1. The maximum atomic E-state index is 13.1. The normalized spacial score (nSPS) is 10.9. The summed E-state index contributed by atoms with van der Waals surface area (Å²) in [5.41, 5.74) is 10.2. The summed E-state index contributed by atoms with van der Waals surface area (Å²) in [6.45, 7) is 4.04. The van der Waals surface area contributed by atoms with Gasteiger partial charge in [0, 0.05) is 11.1 Å². The topological polar surface area (TPSA) is 56.8 Å². The van der Waals surface area contributed by atoms with Crippen LogP contribution in [0.15, 0.2) is 115 Å². The van der Waals surface area contributed by atoms with Crippen LogP contribution >= 0.6 is 7.75 Å². The number of hydrogen-bond donors (Lipinski definition) is 1. The molecular formula is C32H32NO4P. The maximum Gasteiger partial charge on any atom is 0.432 e. The minimum atomic E-state index is -3.54. The number of methoxy groups -OCH3 is 1. The lowest BCUT2D eigenvalue weighted by molar-refractivity contribution is 0.225. The lowest BCUT2D eigenvalue weighted by Gasteiger charge is -2.20. The highest BCUT2D eigenvalue weighted by Crippen LogP contribution is 2.49. The van der Waals surface area contributed by atoms with E-state index >= 15 is 0 Å². The predicted molar refractivity (Wildman–Crippen MR) is 155 cm³/mol. The van der Waals surface area contributed by atoms with E-state index in [-0.39, 0.29) is 13.2 Å². The van der Waals surface area contributed by atoms with Crippen molar-refractivity contribution < 1.29 is 18.3 Å². The molecule has 0 unspecified atom stereocenters. The molecule has 4 rings (SSSR count). The Labute approximate surface area is 225 Å². The third-order valence-electron chi connectivity index (χ3n) is 5.78. The van der Waals surface area contributed by atoms with E-state index in [1.165, 1.54) is 0 Å². The number of anilines is 1. The Balaban J connectivity index is 1.92. The molecule has 0 heterocycles. The van der Waals surface area contributed by atoms with Crippen LogP contribution in [0, 0.1) is 0 Å². The molecule has 0 aromatic heterocycles. The Morgan fingerprint density at radius 1 is 0.684 bits per heavy atom. The summed E-state index contributed by atoms with van der Waals surface area (Å²) in [5, 5.41) is 2.93. The van der Waals surface area contributed by atoms with Crippen LogP contribution in [0.25, 0.3) is 11.1 Å². The molecule has 5 nitrogen and oxygen atoms in total. The lowest BCUT2D eigenvalue weighted by atomic mass is 9.93. The van der Waals surface area contributed by atoms with Gasteiger partial charge >= 0.3 is 7.75 Å². The number of rotatable bonds is 11. The van der Waals surface area contributed by atoms with E-state index in [1.54, 1.807) is 21.0 Å². The van der Waals surface area contributed by atoms with Crippen LogP contribution in [-0.2, 0) is 13.6 Å². The number of benzene rings is 4. The third-order valence-corrected chi connectivity index (χ3v) is 7.49. The quantitative estimate of drug-likeness (QED) is 0.157. The zero-order chi connectivity index (χ0) is 26.8. The molecule has 0 aliphatic rings. The van der Waals surface area contributed by atoms with Crippen LogP contribution < -0.4 is 9.82 Å². The smallest absolute Gasteiger partial charge is 0.432 e. The van der Waals surface area contributed by atoms with Gasteiger partial charge in [0.1, 0.15) is 5.75 Å². The summed E-state index contributed by atoms with van der Waals surface area (Å²) in [7, 11) is -1.96. The first kappa shape index (κ1) is 27.2. The second-order valence-corrected chi connectivity index (χ2v) is 10.1. The molecule has 194 valence electrons. The van der Waals surface area contributed by atoms with Gasteiger partial charge in [0.2, 0.25) is 0 Å². The first-order chi connectivity index (χ1) is 18.6. The number of ether oxygens (including phenoxy) is 1. The maximum absolute atomic E-state index is 13.1. The molecule has 0 aliphatic heterocycles. The van der Waals surface area contributed by atoms with E-state index in [4.69, 9.17) is 13.8 Å². The van der Waals surface area contributed by atoms with Crippen molar-refractivity contribution in [1.82, 2.24) is 0 Å². The largest absolute Gasteiger partial charge is 0.495 e. The molecule has 0 aliphatic carbocycles. The van der Waals surface area contributed by atoms with Crippen LogP contribution in [0.3, 0.4) is 0 Å². The van der Waals surface area contributed by atoms with E-state index in [0.29, 0.717) is 11.4 Å². The summed E-state index contributed by atoms with van der Waals surface area (Å²) >= 11 is 0. The fraction of sp³-hybridized carbons (Fsp3) is 0.156. The molecule has 0 radical (unpaired) electrons. The second kappa shape index (κ2) is 13.1. The van der Waals surface area contributed by atoms with Crippen molar-refractivity contribution in [1.29, 1.82) is 0 Å². The zero-order valence-electron chi connectivity index (χ0n) is 21.9. The molecule has 0 bridgehead atoms. The fourth-order valence-electron chi connectivity index (χ4n) is 4.09. The lowest BCUT2D eigenvalue weighted by Crippen LogP contribution is -2.06. The molecule has 0 atom stereocenters. The zero-order valence-corrected chi connectivity index (χ0v) is 22.8. The number of nitrogens with one attached hydrogen (secondary N) is 1. The van der Waals surface area contributed by atoms with E-state index in [2.05, 4.69) is 47.2 Å². The van der Waals surface area contributed by atoms with Gasteiger partial charge in [-0.3, -0.25) is 14.1 Å². The molecular weight excluding hydrogens is 493 g/mol. The van der Waals surface area contributed by atoms with Crippen LogP contribution in [0.5, 0.6) is 5.75 Å².